The van der Waals surface area contributed by atoms with E-state index in [1.54, 1.807) is 0 Å². The zero-order chi connectivity index (χ0) is 15.1. The summed E-state index contributed by atoms with van der Waals surface area (Å²) in [7, 11) is 0. The van der Waals surface area contributed by atoms with E-state index in [1.807, 2.05) is 4.57 Å². The molecule has 6 heteroatoms. The van der Waals surface area contributed by atoms with Crippen molar-refractivity contribution < 1.29 is 13.2 Å². The molecule has 1 aromatic carbocycles. The lowest BCUT2D eigenvalue weighted by molar-refractivity contribution is -0.137. The molecule has 1 atom stereocenters. The van der Waals surface area contributed by atoms with Gasteiger partial charge in [-0.1, -0.05) is 20.8 Å². The minimum absolute atomic E-state index is 0.392. The molecule has 2 aromatic rings. The Hall–Kier alpha value is -1.30. The largest absolute Gasteiger partial charge is 0.416 e. The molecule has 0 amide bonds. The number of hydrogen-bond acceptors (Lipinski definition) is 1. The van der Waals surface area contributed by atoms with Crippen molar-refractivity contribution in [1.29, 1.82) is 0 Å². The summed E-state index contributed by atoms with van der Waals surface area (Å²) in [6, 6.07) is 3.70. The van der Waals surface area contributed by atoms with Crippen LogP contribution in [0.15, 0.2) is 18.2 Å². The second-order valence-corrected chi connectivity index (χ2v) is 5.88. The number of aromatic nitrogens is 2. The number of nitrogens with one attached hydrogen (secondary N) is 1. The molecule has 0 fully saturated rings. The first-order chi connectivity index (χ1) is 9.20. The molecule has 1 aromatic heterocycles. The van der Waals surface area contributed by atoms with Crippen LogP contribution in [0.4, 0.5) is 13.2 Å². The highest BCUT2D eigenvalue weighted by Gasteiger charge is 2.30. The summed E-state index contributed by atoms with van der Waals surface area (Å²) in [6.07, 6.45) is -4.34. The quantitative estimate of drug-likeness (QED) is 0.790. The minimum Gasteiger partial charge on any atom is -0.331 e. The van der Waals surface area contributed by atoms with Crippen LogP contribution in [0.5, 0.6) is 0 Å². The smallest absolute Gasteiger partial charge is 0.331 e. The molecule has 1 heterocycles. The van der Waals surface area contributed by atoms with E-state index in [4.69, 9.17) is 12.2 Å². The van der Waals surface area contributed by atoms with Crippen molar-refractivity contribution in [2.24, 2.45) is 11.8 Å². The molecule has 1 unspecified atom stereocenters. The number of hydrogen-bond donors (Lipinski definition) is 1. The fourth-order valence-corrected chi connectivity index (χ4v) is 2.30. The van der Waals surface area contributed by atoms with Crippen LogP contribution in [0, 0.1) is 16.6 Å². The Kier molecular flexibility index (Phi) is 3.95. The molecule has 2 nitrogen and oxygen atoms in total. The lowest BCUT2D eigenvalue weighted by Crippen LogP contribution is -2.13. The first kappa shape index (κ1) is 15.1. The van der Waals surface area contributed by atoms with Crippen molar-refractivity contribution in [2.45, 2.75) is 33.5 Å². The van der Waals surface area contributed by atoms with Gasteiger partial charge in [-0.3, -0.25) is 0 Å². The molecule has 0 spiro atoms. The van der Waals surface area contributed by atoms with E-state index >= 15 is 0 Å². The molecule has 0 aliphatic rings. The highest BCUT2D eigenvalue weighted by molar-refractivity contribution is 7.71. The Morgan fingerprint density at radius 2 is 1.90 bits per heavy atom. The van der Waals surface area contributed by atoms with Crippen molar-refractivity contribution in [3.05, 3.63) is 28.5 Å². The van der Waals surface area contributed by atoms with Gasteiger partial charge in [0.05, 0.1) is 16.6 Å². The number of rotatable bonds is 3. The summed E-state index contributed by atoms with van der Waals surface area (Å²) >= 11 is 5.22. The van der Waals surface area contributed by atoms with Crippen molar-refractivity contribution in [2.75, 3.05) is 0 Å². The Morgan fingerprint density at radius 3 is 2.45 bits per heavy atom. The van der Waals surface area contributed by atoms with Crippen molar-refractivity contribution in [1.82, 2.24) is 9.55 Å². The van der Waals surface area contributed by atoms with E-state index in [0.29, 0.717) is 28.7 Å². The van der Waals surface area contributed by atoms with Crippen LogP contribution in [0.2, 0.25) is 0 Å². The number of alkyl halides is 3. The van der Waals surface area contributed by atoms with E-state index in [2.05, 4.69) is 25.8 Å². The molecule has 110 valence electrons. The topological polar surface area (TPSA) is 20.7 Å². The van der Waals surface area contributed by atoms with Crippen molar-refractivity contribution >= 4 is 23.3 Å². The van der Waals surface area contributed by atoms with Crippen LogP contribution < -0.4 is 0 Å². The Labute approximate surface area is 120 Å². The molecule has 20 heavy (non-hydrogen) atoms. The van der Waals surface area contributed by atoms with E-state index in [0.717, 1.165) is 17.6 Å². The summed E-state index contributed by atoms with van der Waals surface area (Å²) < 4.78 is 40.4. The van der Waals surface area contributed by atoms with Gasteiger partial charge in [-0.05, 0) is 42.3 Å². The van der Waals surface area contributed by atoms with Crippen LogP contribution in [-0.2, 0) is 12.7 Å². The number of fused-ring (bicyclic) bond motifs is 1. The van der Waals surface area contributed by atoms with Crippen LogP contribution in [0.3, 0.4) is 0 Å². The van der Waals surface area contributed by atoms with Gasteiger partial charge in [0.15, 0.2) is 4.77 Å². The molecular weight excluding hydrogens is 285 g/mol. The van der Waals surface area contributed by atoms with Gasteiger partial charge in [-0.2, -0.15) is 13.2 Å². The summed E-state index contributed by atoms with van der Waals surface area (Å²) in [5.41, 5.74) is 0.488. The molecule has 0 bridgehead atoms. The molecule has 0 radical (unpaired) electrons. The first-order valence-electron chi connectivity index (χ1n) is 6.50. The fraction of sp³-hybridized carbons (Fsp3) is 0.500. The molecule has 1 N–H and O–H groups in total. The predicted molar refractivity (Wildman–Crippen MR) is 76.1 cm³/mol. The zero-order valence-electron chi connectivity index (χ0n) is 11.6. The number of aromatic amines is 1. The van der Waals surface area contributed by atoms with Gasteiger partial charge >= 0.3 is 6.18 Å². The normalized spacial score (nSPS) is 14.2. The number of imidazole rings is 1. The van der Waals surface area contributed by atoms with Gasteiger partial charge in [-0.25, -0.2) is 0 Å². The van der Waals surface area contributed by atoms with Crippen molar-refractivity contribution in [3.8, 4) is 0 Å². The van der Waals surface area contributed by atoms with Crippen LogP contribution in [-0.4, -0.2) is 9.55 Å². The SMILES string of the molecule is CC(C)C(C)Cn1c(=S)[nH]c2cc(C(F)(F)F)ccc21. The highest BCUT2D eigenvalue weighted by atomic mass is 32.1. The fourth-order valence-electron chi connectivity index (χ4n) is 2.02. The third kappa shape index (κ3) is 2.90. The maximum Gasteiger partial charge on any atom is 0.416 e. The summed E-state index contributed by atoms with van der Waals surface area (Å²) in [5.74, 6) is 0.874. The van der Waals surface area contributed by atoms with Crippen LogP contribution in [0.25, 0.3) is 11.0 Å². The molecule has 0 aliphatic carbocycles. The number of H-pyrrole nitrogens is 1. The maximum absolute atomic E-state index is 12.7. The summed E-state index contributed by atoms with van der Waals surface area (Å²) in [4.78, 5) is 2.86. The van der Waals surface area contributed by atoms with Gasteiger partial charge < -0.3 is 9.55 Å². The van der Waals surface area contributed by atoms with Crippen molar-refractivity contribution in [3.63, 3.8) is 0 Å². The molecular formula is C14H17F3N2S. The summed E-state index contributed by atoms with van der Waals surface area (Å²) in [6.45, 7) is 7.03. The lowest BCUT2D eigenvalue weighted by Gasteiger charge is -2.16. The first-order valence-corrected chi connectivity index (χ1v) is 6.90. The van der Waals surface area contributed by atoms with Gasteiger partial charge in [0, 0.05) is 6.54 Å². The highest BCUT2D eigenvalue weighted by Crippen LogP contribution is 2.31. The third-order valence-electron chi connectivity index (χ3n) is 3.71. The van der Waals surface area contributed by atoms with Gasteiger partial charge in [0.1, 0.15) is 0 Å². The Balaban J connectivity index is 2.48. The minimum atomic E-state index is -4.34. The third-order valence-corrected chi connectivity index (χ3v) is 4.03. The second kappa shape index (κ2) is 5.24. The van der Waals surface area contributed by atoms with E-state index in [9.17, 15) is 13.2 Å². The van der Waals surface area contributed by atoms with Crippen LogP contribution >= 0.6 is 12.2 Å². The number of benzene rings is 1. The molecule has 2 rings (SSSR count). The predicted octanol–water partition coefficient (Wildman–Crippen LogP) is 5.01. The average molecular weight is 302 g/mol. The van der Waals surface area contributed by atoms with Gasteiger partial charge in [0.25, 0.3) is 0 Å². The monoisotopic (exact) mass is 302 g/mol. The van der Waals surface area contributed by atoms with Crippen LogP contribution in [0.1, 0.15) is 26.3 Å². The molecule has 0 saturated carbocycles. The Morgan fingerprint density at radius 1 is 1.25 bits per heavy atom. The molecule has 0 aliphatic heterocycles. The standard InChI is InChI=1S/C14H17F3N2S/c1-8(2)9(3)7-19-12-5-4-10(14(15,16)17)6-11(12)18-13(19)20/h4-6,8-9H,7H2,1-3H3,(H,18,20). The average Bonchev–Trinajstić information content (AvgIpc) is 2.64. The van der Waals surface area contributed by atoms with E-state index in [-0.39, 0.29) is 0 Å². The maximum atomic E-state index is 12.7. The van der Waals surface area contributed by atoms with E-state index < -0.39 is 11.7 Å². The lowest BCUT2D eigenvalue weighted by atomic mass is 9.98. The van der Waals surface area contributed by atoms with Gasteiger partial charge in [0.2, 0.25) is 0 Å². The van der Waals surface area contributed by atoms with Gasteiger partial charge in [-0.15, -0.1) is 0 Å². The number of halogens is 3. The van der Waals surface area contributed by atoms with E-state index in [1.165, 1.54) is 6.07 Å². The number of nitrogens with zero attached hydrogens (tertiary/aromatic N) is 1. The second-order valence-electron chi connectivity index (χ2n) is 5.49. The molecule has 0 saturated heterocycles. The summed E-state index contributed by atoms with van der Waals surface area (Å²) in [5, 5.41) is 0. The zero-order valence-corrected chi connectivity index (χ0v) is 12.4. The Bertz CT molecular complexity index is 667.